The van der Waals surface area contributed by atoms with Gasteiger partial charge in [0.2, 0.25) is 0 Å². The number of fused-ring (bicyclic) bond motifs is 2. The fraction of sp³-hybridized carbons (Fsp3) is 0.444. The third kappa shape index (κ3) is 1.75. The van der Waals surface area contributed by atoms with Crippen molar-refractivity contribution in [1.82, 2.24) is 4.57 Å². The van der Waals surface area contributed by atoms with Crippen LogP contribution in [0.15, 0.2) is 30.3 Å². The van der Waals surface area contributed by atoms with E-state index in [4.69, 9.17) is 0 Å². The molecule has 0 spiro atoms. The van der Waals surface area contributed by atoms with E-state index < -0.39 is 0 Å². The van der Waals surface area contributed by atoms with E-state index in [0.29, 0.717) is 6.04 Å². The zero-order valence-corrected chi connectivity index (χ0v) is 12.0. The van der Waals surface area contributed by atoms with E-state index in [2.05, 4.69) is 41.8 Å². The number of aliphatic hydroxyl groups is 1. The summed E-state index contributed by atoms with van der Waals surface area (Å²) in [5.41, 5.74) is 6.88. The zero-order valence-electron chi connectivity index (χ0n) is 12.0. The maximum Gasteiger partial charge on any atom is 0.0807 e. The molecule has 2 aromatic rings. The highest BCUT2D eigenvalue weighted by atomic mass is 16.3. The Hall–Kier alpha value is -1.54. The highest BCUT2D eigenvalue weighted by molar-refractivity contribution is 5.37. The maximum absolute atomic E-state index is 10.2. The lowest BCUT2D eigenvalue weighted by atomic mass is 9.95. The summed E-state index contributed by atoms with van der Waals surface area (Å²) >= 11 is 0. The second-order valence-electron chi connectivity index (χ2n) is 6.30. The normalized spacial score (nSPS) is 21.8. The predicted octanol–water partition coefficient (Wildman–Crippen LogP) is 3.51. The van der Waals surface area contributed by atoms with Gasteiger partial charge in [-0.25, -0.2) is 0 Å². The van der Waals surface area contributed by atoms with Crippen molar-refractivity contribution in [3.05, 3.63) is 58.4 Å². The van der Waals surface area contributed by atoms with Gasteiger partial charge in [0.1, 0.15) is 0 Å². The second-order valence-corrected chi connectivity index (χ2v) is 6.30. The minimum Gasteiger partial charge on any atom is -0.388 e. The number of nitrogens with zero attached hydrogens (tertiary/aromatic N) is 1. The number of aromatic nitrogens is 1. The molecule has 2 nitrogen and oxygen atoms in total. The van der Waals surface area contributed by atoms with Crippen LogP contribution in [0.5, 0.6) is 0 Å². The van der Waals surface area contributed by atoms with Gasteiger partial charge in [-0.15, -0.1) is 0 Å². The summed E-state index contributed by atoms with van der Waals surface area (Å²) in [6.45, 7) is 2.19. The Bertz CT molecular complexity index is 630. The summed E-state index contributed by atoms with van der Waals surface area (Å²) in [6.07, 6.45) is 5.16. The van der Waals surface area contributed by atoms with Gasteiger partial charge < -0.3 is 9.67 Å². The molecule has 1 atom stereocenters. The molecule has 2 heteroatoms. The van der Waals surface area contributed by atoms with E-state index in [9.17, 15) is 5.11 Å². The van der Waals surface area contributed by atoms with Crippen LogP contribution >= 0.6 is 0 Å². The first kappa shape index (κ1) is 12.2. The van der Waals surface area contributed by atoms with Crippen LogP contribution in [0, 0.1) is 6.92 Å². The first-order chi connectivity index (χ1) is 9.74. The Morgan fingerprint density at radius 3 is 2.55 bits per heavy atom. The van der Waals surface area contributed by atoms with Gasteiger partial charge in [-0.05, 0) is 56.2 Å². The smallest absolute Gasteiger partial charge is 0.0807 e. The molecule has 0 aliphatic heterocycles. The van der Waals surface area contributed by atoms with Crippen molar-refractivity contribution in [3.8, 4) is 0 Å². The predicted molar refractivity (Wildman–Crippen MR) is 80.0 cm³/mol. The Labute approximate surface area is 120 Å². The fourth-order valence-corrected chi connectivity index (χ4v) is 4.13. The maximum atomic E-state index is 10.2. The van der Waals surface area contributed by atoms with Crippen molar-refractivity contribution in [2.24, 2.45) is 0 Å². The van der Waals surface area contributed by atoms with Crippen molar-refractivity contribution in [2.45, 2.75) is 51.2 Å². The number of hydrogen-bond donors (Lipinski definition) is 1. The summed E-state index contributed by atoms with van der Waals surface area (Å²) in [5.74, 6) is 0. The SMILES string of the molecule is Cc1cc2c(n1C1Cc3ccccc3C1)CCCC2O. The summed E-state index contributed by atoms with van der Waals surface area (Å²) < 4.78 is 2.51. The molecule has 1 N–H and O–H groups in total. The molecule has 2 aliphatic rings. The van der Waals surface area contributed by atoms with Crippen molar-refractivity contribution in [1.29, 1.82) is 0 Å². The molecule has 104 valence electrons. The second kappa shape index (κ2) is 4.49. The van der Waals surface area contributed by atoms with E-state index in [1.54, 1.807) is 0 Å². The molecule has 1 heterocycles. The molecule has 1 aromatic carbocycles. The van der Waals surface area contributed by atoms with Gasteiger partial charge in [-0.1, -0.05) is 24.3 Å². The molecule has 0 amide bonds. The number of rotatable bonds is 1. The average Bonchev–Trinajstić information content (AvgIpc) is 2.99. The van der Waals surface area contributed by atoms with Gasteiger partial charge in [0.05, 0.1) is 6.10 Å². The zero-order chi connectivity index (χ0) is 13.7. The Morgan fingerprint density at radius 2 is 1.85 bits per heavy atom. The molecule has 20 heavy (non-hydrogen) atoms. The quantitative estimate of drug-likeness (QED) is 0.840. The van der Waals surface area contributed by atoms with Crippen LogP contribution in [-0.2, 0) is 19.3 Å². The van der Waals surface area contributed by atoms with Crippen LogP contribution in [0.1, 0.15) is 53.1 Å². The number of hydrogen-bond acceptors (Lipinski definition) is 1. The topological polar surface area (TPSA) is 25.2 Å². The van der Waals surface area contributed by atoms with Gasteiger partial charge >= 0.3 is 0 Å². The van der Waals surface area contributed by atoms with Crippen LogP contribution in [0.3, 0.4) is 0 Å². The monoisotopic (exact) mass is 267 g/mol. The number of aryl methyl sites for hydroxylation is 1. The molecule has 0 bridgehead atoms. The molecule has 1 aromatic heterocycles. The standard InChI is InChI=1S/C18H21NO/c1-12-9-16-17(7-4-8-18(16)20)19(12)15-10-13-5-2-3-6-14(13)11-15/h2-3,5-6,9,15,18,20H,4,7-8,10-11H2,1H3. The summed E-state index contributed by atoms with van der Waals surface area (Å²) in [5, 5.41) is 10.2. The summed E-state index contributed by atoms with van der Waals surface area (Å²) in [4.78, 5) is 0. The first-order valence-electron chi connectivity index (χ1n) is 7.69. The molecule has 2 aliphatic carbocycles. The molecule has 1 unspecified atom stereocenters. The van der Waals surface area contributed by atoms with Crippen molar-refractivity contribution in [3.63, 3.8) is 0 Å². The van der Waals surface area contributed by atoms with Crippen LogP contribution in [-0.4, -0.2) is 9.67 Å². The lowest BCUT2D eigenvalue weighted by Crippen LogP contribution is -2.17. The highest BCUT2D eigenvalue weighted by Gasteiger charge is 2.29. The van der Waals surface area contributed by atoms with Crippen LogP contribution in [0.4, 0.5) is 0 Å². The van der Waals surface area contributed by atoms with E-state index >= 15 is 0 Å². The summed E-state index contributed by atoms with van der Waals surface area (Å²) in [7, 11) is 0. The third-order valence-electron chi connectivity index (χ3n) is 5.01. The fourth-order valence-electron chi connectivity index (χ4n) is 4.13. The molecular formula is C18H21NO. The van der Waals surface area contributed by atoms with Crippen LogP contribution in [0.25, 0.3) is 0 Å². The van der Waals surface area contributed by atoms with Gasteiger partial charge in [-0.2, -0.15) is 0 Å². The van der Waals surface area contributed by atoms with E-state index in [1.807, 2.05) is 0 Å². The molecule has 0 saturated heterocycles. The molecule has 4 rings (SSSR count). The van der Waals surface area contributed by atoms with Gasteiger partial charge in [-0.3, -0.25) is 0 Å². The van der Waals surface area contributed by atoms with Crippen LogP contribution < -0.4 is 0 Å². The van der Waals surface area contributed by atoms with Crippen molar-refractivity contribution >= 4 is 0 Å². The Kier molecular flexibility index (Phi) is 2.74. The first-order valence-corrected chi connectivity index (χ1v) is 7.69. The summed E-state index contributed by atoms with van der Waals surface area (Å²) in [6, 6.07) is 11.6. The van der Waals surface area contributed by atoms with E-state index in [0.717, 1.165) is 32.1 Å². The van der Waals surface area contributed by atoms with Gasteiger partial charge in [0.15, 0.2) is 0 Å². The average molecular weight is 267 g/mol. The molecular weight excluding hydrogens is 246 g/mol. The van der Waals surface area contributed by atoms with E-state index in [-0.39, 0.29) is 6.10 Å². The number of aliphatic hydroxyl groups excluding tert-OH is 1. The van der Waals surface area contributed by atoms with Crippen LogP contribution in [0.2, 0.25) is 0 Å². The largest absolute Gasteiger partial charge is 0.388 e. The van der Waals surface area contributed by atoms with Gasteiger partial charge in [0, 0.05) is 23.0 Å². The Morgan fingerprint density at radius 1 is 1.15 bits per heavy atom. The minimum absolute atomic E-state index is 0.248. The lowest BCUT2D eigenvalue weighted by molar-refractivity contribution is 0.155. The van der Waals surface area contributed by atoms with E-state index in [1.165, 1.54) is 28.1 Å². The Balaban J connectivity index is 1.74. The molecule has 0 radical (unpaired) electrons. The third-order valence-corrected chi connectivity index (χ3v) is 5.01. The minimum atomic E-state index is -0.248. The molecule has 0 saturated carbocycles. The number of benzene rings is 1. The molecule has 0 fully saturated rings. The van der Waals surface area contributed by atoms with Crippen molar-refractivity contribution < 1.29 is 5.11 Å². The highest BCUT2D eigenvalue weighted by Crippen LogP contribution is 2.38. The van der Waals surface area contributed by atoms with Crippen molar-refractivity contribution in [2.75, 3.05) is 0 Å². The van der Waals surface area contributed by atoms with Gasteiger partial charge in [0.25, 0.3) is 0 Å². The lowest BCUT2D eigenvalue weighted by Gasteiger charge is -2.24.